The number of anilines is 3. The quantitative estimate of drug-likeness (QED) is 0.850. The van der Waals surface area contributed by atoms with Crippen LogP contribution in [0.25, 0.3) is 0 Å². The maximum Gasteiger partial charge on any atom is 0.291 e. The smallest absolute Gasteiger partial charge is 0.291 e. The van der Waals surface area contributed by atoms with Crippen LogP contribution in [0, 0.1) is 0 Å². The van der Waals surface area contributed by atoms with Gasteiger partial charge < -0.3 is 20.4 Å². The molecule has 1 amide bonds. The Hall–Kier alpha value is -2.43. The molecule has 2 aromatic rings. The van der Waals surface area contributed by atoms with Gasteiger partial charge in [0.2, 0.25) is 0 Å². The number of nitrogens with one attached hydrogen (secondary N) is 1. The number of nitrogen functional groups attached to an aromatic ring is 1. The number of benzene rings is 1. The normalized spacial score (nSPS) is 15.0. The van der Waals surface area contributed by atoms with Crippen LogP contribution in [0.4, 0.5) is 17.1 Å². The van der Waals surface area contributed by atoms with E-state index < -0.39 is 0 Å². The van der Waals surface area contributed by atoms with Gasteiger partial charge in [-0.3, -0.25) is 4.79 Å². The third-order valence-corrected chi connectivity index (χ3v) is 3.73. The molecule has 1 aliphatic rings. The maximum absolute atomic E-state index is 11.9. The summed E-state index contributed by atoms with van der Waals surface area (Å²) in [7, 11) is 0. The number of nitrogens with zero attached hydrogens (tertiary/aromatic N) is 1. The SMILES string of the molecule is Nc1cc(NC(=O)c2ccco2)ccc1N1CCCCC1. The Morgan fingerprint density at radius 2 is 2.00 bits per heavy atom. The summed E-state index contributed by atoms with van der Waals surface area (Å²) in [6.07, 6.45) is 5.17. The van der Waals surface area contributed by atoms with E-state index in [1.54, 1.807) is 18.2 Å². The van der Waals surface area contributed by atoms with Gasteiger partial charge in [0, 0.05) is 18.8 Å². The number of hydrogen-bond acceptors (Lipinski definition) is 4. The molecule has 2 heterocycles. The second-order valence-electron chi connectivity index (χ2n) is 5.25. The molecule has 0 bridgehead atoms. The molecule has 3 rings (SSSR count). The van der Waals surface area contributed by atoms with Crippen LogP contribution < -0.4 is 16.0 Å². The summed E-state index contributed by atoms with van der Waals surface area (Å²) in [5.41, 5.74) is 8.54. The number of furan rings is 1. The van der Waals surface area contributed by atoms with Crippen molar-refractivity contribution in [1.29, 1.82) is 0 Å². The molecule has 5 nitrogen and oxygen atoms in total. The highest BCUT2D eigenvalue weighted by molar-refractivity contribution is 6.02. The Bertz CT molecular complexity index is 616. The molecule has 1 aromatic heterocycles. The Kier molecular flexibility index (Phi) is 3.81. The van der Waals surface area contributed by atoms with E-state index in [0.29, 0.717) is 11.4 Å². The summed E-state index contributed by atoms with van der Waals surface area (Å²) in [4.78, 5) is 14.2. The predicted molar refractivity (Wildman–Crippen MR) is 83.6 cm³/mol. The molecule has 3 N–H and O–H groups in total. The minimum absolute atomic E-state index is 0.273. The molecule has 0 saturated carbocycles. The molecule has 0 spiro atoms. The zero-order valence-electron chi connectivity index (χ0n) is 11.8. The number of hydrogen-bond donors (Lipinski definition) is 2. The van der Waals surface area contributed by atoms with Crippen LogP contribution in [-0.2, 0) is 0 Å². The van der Waals surface area contributed by atoms with Crippen molar-refractivity contribution in [2.45, 2.75) is 19.3 Å². The standard InChI is InChI=1S/C16H19N3O2/c17-13-11-12(18-16(20)15-5-4-10-21-15)6-7-14(13)19-8-2-1-3-9-19/h4-7,10-11H,1-3,8-9,17H2,(H,18,20). The van der Waals surface area contributed by atoms with Crippen molar-refractivity contribution in [3.05, 3.63) is 42.4 Å². The van der Waals surface area contributed by atoms with E-state index in [-0.39, 0.29) is 11.7 Å². The monoisotopic (exact) mass is 285 g/mol. The number of carbonyl (C=O) groups is 1. The summed E-state index contributed by atoms with van der Waals surface area (Å²) in [5, 5.41) is 2.78. The third-order valence-electron chi connectivity index (χ3n) is 3.73. The van der Waals surface area contributed by atoms with E-state index in [0.717, 1.165) is 18.8 Å². The van der Waals surface area contributed by atoms with Crippen LogP contribution in [0.3, 0.4) is 0 Å². The number of piperidine rings is 1. The second-order valence-corrected chi connectivity index (χ2v) is 5.25. The Morgan fingerprint density at radius 1 is 1.19 bits per heavy atom. The lowest BCUT2D eigenvalue weighted by molar-refractivity contribution is 0.0996. The summed E-state index contributed by atoms with van der Waals surface area (Å²) < 4.78 is 5.07. The Morgan fingerprint density at radius 3 is 2.67 bits per heavy atom. The van der Waals surface area contributed by atoms with Crippen LogP contribution in [0.15, 0.2) is 41.0 Å². The molecular weight excluding hydrogens is 266 g/mol. The molecule has 1 saturated heterocycles. The van der Waals surface area contributed by atoms with Crippen molar-refractivity contribution >= 4 is 23.0 Å². The van der Waals surface area contributed by atoms with Gasteiger partial charge >= 0.3 is 0 Å². The van der Waals surface area contributed by atoms with Crippen molar-refractivity contribution in [2.75, 3.05) is 29.0 Å². The first-order valence-corrected chi connectivity index (χ1v) is 7.23. The first kappa shape index (κ1) is 13.5. The Labute approximate surface area is 123 Å². The first-order valence-electron chi connectivity index (χ1n) is 7.23. The fourth-order valence-electron chi connectivity index (χ4n) is 2.66. The summed E-state index contributed by atoms with van der Waals surface area (Å²) in [6.45, 7) is 2.09. The van der Waals surface area contributed by atoms with Crippen molar-refractivity contribution in [3.63, 3.8) is 0 Å². The summed E-state index contributed by atoms with van der Waals surface area (Å²) in [5.74, 6) is 0.0128. The minimum Gasteiger partial charge on any atom is -0.459 e. The largest absolute Gasteiger partial charge is 0.459 e. The predicted octanol–water partition coefficient (Wildman–Crippen LogP) is 3.10. The Balaban J connectivity index is 1.73. The topological polar surface area (TPSA) is 71.5 Å². The van der Waals surface area contributed by atoms with Gasteiger partial charge in [0.1, 0.15) is 0 Å². The number of carbonyl (C=O) groups excluding carboxylic acids is 1. The average molecular weight is 285 g/mol. The molecular formula is C16H19N3O2. The zero-order chi connectivity index (χ0) is 14.7. The molecule has 1 aromatic carbocycles. The molecule has 1 fully saturated rings. The molecule has 0 aliphatic carbocycles. The molecule has 0 radical (unpaired) electrons. The van der Waals surface area contributed by atoms with Crippen molar-refractivity contribution < 1.29 is 9.21 Å². The average Bonchev–Trinajstić information content (AvgIpc) is 3.02. The van der Waals surface area contributed by atoms with E-state index in [2.05, 4.69) is 10.2 Å². The van der Waals surface area contributed by atoms with E-state index in [4.69, 9.17) is 10.2 Å². The zero-order valence-corrected chi connectivity index (χ0v) is 11.8. The van der Waals surface area contributed by atoms with Gasteiger partial charge in [-0.2, -0.15) is 0 Å². The molecule has 1 aliphatic heterocycles. The fraction of sp³-hybridized carbons (Fsp3) is 0.312. The molecule has 110 valence electrons. The van der Waals surface area contributed by atoms with E-state index >= 15 is 0 Å². The minimum atomic E-state index is -0.273. The fourth-order valence-corrected chi connectivity index (χ4v) is 2.66. The highest BCUT2D eigenvalue weighted by Crippen LogP contribution is 2.29. The van der Waals surface area contributed by atoms with E-state index in [1.165, 1.54) is 25.5 Å². The van der Waals surface area contributed by atoms with Gasteiger partial charge in [-0.05, 0) is 49.6 Å². The van der Waals surface area contributed by atoms with Crippen LogP contribution in [0.2, 0.25) is 0 Å². The number of nitrogens with two attached hydrogens (primary N) is 1. The lowest BCUT2D eigenvalue weighted by atomic mass is 10.1. The van der Waals surface area contributed by atoms with E-state index in [9.17, 15) is 4.79 Å². The highest BCUT2D eigenvalue weighted by Gasteiger charge is 2.14. The lowest BCUT2D eigenvalue weighted by Crippen LogP contribution is -2.30. The first-order chi connectivity index (χ1) is 10.2. The van der Waals surface area contributed by atoms with Crippen LogP contribution in [-0.4, -0.2) is 19.0 Å². The van der Waals surface area contributed by atoms with Crippen molar-refractivity contribution in [1.82, 2.24) is 0 Å². The van der Waals surface area contributed by atoms with Gasteiger partial charge in [-0.25, -0.2) is 0 Å². The molecule has 21 heavy (non-hydrogen) atoms. The molecule has 0 unspecified atom stereocenters. The number of amides is 1. The van der Waals surface area contributed by atoms with Crippen molar-refractivity contribution in [2.24, 2.45) is 0 Å². The molecule has 5 heteroatoms. The van der Waals surface area contributed by atoms with Gasteiger partial charge in [0.15, 0.2) is 5.76 Å². The number of rotatable bonds is 3. The van der Waals surface area contributed by atoms with Gasteiger partial charge in [0.05, 0.1) is 17.6 Å². The van der Waals surface area contributed by atoms with Crippen LogP contribution in [0.1, 0.15) is 29.8 Å². The summed E-state index contributed by atoms with van der Waals surface area (Å²) >= 11 is 0. The second kappa shape index (κ2) is 5.91. The maximum atomic E-state index is 11.9. The van der Waals surface area contributed by atoms with E-state index in [1.807, 2.05) is 12.1 Å². The van der Waals surface area contributed by atoms with Gasteiger partial charge in [0.25, 0.3) is 5.91 Å². The summed E-state index contributed by atoms with van der Waals surface area (Å²) in [6, 6.07) is 8.95. The van der Waals surface area contributed by atoms with Crippen molar-refractivity contribution in [3.8, 4) is 0 Å². The van der Waals surface area contributed by atoms with Gasteiger partial charge in [-0.1, -0.05) is 0 Å². The van der Waals surface area contributed by atoms with Crippen LogP contribution in [0.5, 0.6) is 0 Å². The van der Waals surface area contributed by atoms with Gasteiger partial charge in [-0.15, -0.1) is 0 Å². The highest BCUT2D eigenvalue weighted by atomic mass is 16.3. The third kappa shape index (κ3) is 3.02. The van der Waals surface area contributed by atoms with Crippen LogP contribution >= 0.6 is 0 Å². The lowest BCUT2D eigenvalue weighted by Gasteiger charge is -2.30. The molecule has 0 atom stereocenters.